The summed E-state index contributed by atoms with van der Waals surface area (Å²) in [5.41, 5.74) is 4.14. The Morgan fingerprint density at radius 2 is 1.43 bits per heavy atom. The summed E-state index contributed by atoms with van der Waals surface area (Å²) in [7, 11) is 0. The number of hydrogen-bond donors (Lipinski definition) is 1. The molecule has 0 aromatic heterocycles. The highest BCUT2D eigenvalue weighted by Gasteiger charge is 2.26. The minimum Gasteiger partial charge on any atom is -0.321 e. The lowest BCUT2D eigenvalue weighted by Gasteiger charge is -2.01. The van der Waals surface area contributed by atoms with Crippen molar-refractivity contribution in [1.29, 1.82) is 0 Å². The maximum absolute atomic E-state index is 11.9. The second-order valence-corrected chi connectivity index (χ2v) is 4.91. The molecule has 2 aliphatic rings. The van der Waals surface area contributed by atoms with E-state index in [2.05, 4.69) is 10.3 Å². The number of allylic oxidation sites excluding steroid dienone is 1. The summed E-state index contributed by atoms with van der Waals surface area (Å²) in [6.07, 6.45) is 1.76. The van der Waals surface area contributed by atoms with Gasteiger partial charge in [-0.2, -0.15) is 0 Å². The summed E-state index contributed by atoms with van der Waals surface area (Å²) in [5.74, 6) is -0.370. The van der Waals surface area contributed by atoms with Crippen molar-refractivity contribution in [2.75, 3.05) is 0 Å². The monoisotopic (exact) mass is 274 g/mol. The first-order chi connectivity index (χ1) is 10.2. The zero-order valence-corrected chi connectivity index (χ0v) is 11.0. The highest BCUT2D eigenvalue weighted by Crippen LogP contribution is 2.26. The Balaban J connectivity index is 1.83. The van der Waals surface area contributed by atoms with Crippen LogP contribution in [-0.2, 0) is 0 Å². The van der Waals surface area contributed by atoms with Crippen molar-refractivity contribution < 1.29 is 9.59 Å². The lowest BCUT2D eigenvalue weighted by molar-refractivity contribution is 0.0978. The van der Waals surface area contributed by atoms with Crippen molar-refractivity contribution >= 4 is 23.2 Å². The van der Waals surface area contributed by atoms with Crippen LogP contribution < -0.4 is 5.32 Å². The summed E-state index contributed by atoms with van der Waals surface area (Å²) >= 11 is 0. The van der Waals surface area contributed by atoms with Gasteiger partial charge in [-0.05, 0) is 18.2 Å². The Bertz CT molecular complexity index is 863. The minimum absolute atomic E-state index is 0.130. The first-order valence-electron chi connectivity index (χ1n) is 6.59. The average Bonchev–Trinajstić information content (AvgIpc) is 3.00. The lowest BCUT2D eigenvalue weighted by Crippen LogP contribution is -2.13. The predicted octanol–water partition coefficient (Wildman–Crippen LogP) is 2.41. The smallest absolute Gasteiger partial charge is 0.278 e. The van der Waals surface area contributed by atoms with E-state index in [1.54, 1.807) is 18.2 Å². The van der Waals surface area contributed by atoms with Gasteiger partial charge in [0.05, 0.1) is 17.0 Å². The van der Waals surface area contributed by atoms with E-state index in [9.17, 15) is 9.59 Å². The molecule has 2 aromatic carbocycles. The molecule has 0 spiro atoms. The third-order valence-corrected chi connectivity index (χ3v) is 3.65. The van der Waals surface area contributed by atoms with Crippen LogP contribution in [0.25, 0.3) is 5.70 Å². The predicted molar refractivity (Wildman–Crippen MR) is 79.2 cm³/mol. The molecule has 1 N–H and O–H groups in total. The number of amides is 2. The molecule has 0 atom stereocenters. The maximum Gasteiger partial charge on any atom is 0.278 e. The van der Waals surface area contributed by atoms with Crippen LogP contribution >= 0.6 is 0 Å². The molecule has 0 saturated heterocycles. The molecular weight excluding hydrogens is 264 g/mol. The van der Waals surface area contributed by atoms with Crippen molar-refractivity contribution in [2.45, 2.75) is 0 Å². The van der Waals surface area contributed by atoms with Gasteiger partial charge in [0.25, 0.3) is 11.8 Å². The molecule has 2 amide bonds. The van der Waals surface area contributed by atoms with Crippen LogP contribution in [0.15, 0.2) is 59.6 Å². The largest absolute Gasteiger partial charge is 0.321 e. The van der Waals surface area contributed by atoms with Gasteiger partial charge in [0, 0.05) is 16.7 Å². The first kappa shape index (κ1) is 11.8. The average molecular weight is 274 g/mol. The summed E-state index contributed by atoms with van der Waals surface area (Å²) in [6, 6.07) is 14.7. The maximum atomic E-state index is 11.9. The normalized spacial score (nSPS) is 17.5. The van der Waals surface area contributed by atoms with Gasteiger partial charge in [0.1, 0.15) is 0 Å². The number of carbonyl (C=O) groups is 2. The Kier molecular flexibility index (Phi) is 2.38. The van der Waals surface area contributed by atoms with E-state index in [0.29, 0.717) is 22.5 Å². The summed E-state index contributed by atoms with van der Waals surface area (Å²) in [6.45, 7) is 0. The number of benzene rings is 2. The molecule has 4 rings (SSSR count). The molecule has 4 heteroatoms. The third-order valence-electron chi connectivity index (χ3n) is 3.65. The molecule has 2 heterocycles. The minimum atomic E-state index is -0.241. The van der Waals surface area contributed by atoms with Gasteiger partial charge in [-0.15, -0.1) is 0 Å². The van der Waals surface area contributed by atoms with Crippen molar-refractivity contribution in [1.82, 2.24) is 5.32 Å². The SMILES string of the molecule is O=C1N=C(/C=C2\NC(=O)c3ccccc32)c2ccccc21. The number of rotatable bonds is 1. The Hall–Kier alpha value is -3.01. The van der Waals surface area contributed by atoms with Crippen LogP contribution in [0.3, 0.4) is 0 Å². The highest BCUT2D eigenvalue weighted by atomic mass is 16.2. The summed E-state index contributed by atoms with van der Waals surface area (Å²) < 4.78 is 0. The van der Waals surface area contributed by atoms with Crippen molar-refractivity contribution in [3.05, 3.63) is 76.9 Å². The Morgan fingerprint density at radius 3 is 2.19 bits per heavy atom. The second kappa shape index (κ2) is 4.24. The van der Waals surface area contributed by atoms with E-state index in [-0.39, 0.29) is 11.8 Å². The van der Waals surface area contributed by atoms with Crippen LogP contribution in [-0.4, -0.2) is 17.5 Å². The fraction of sp³-hybridized carbons (Fsp3) is 0. The van der Waals surface area contributed by atoms with E-state index < -0.39 is 0 Å². The van der Waals surface area contributed by atoms with E-state index in [4.69, 9.17) is 0 Å². The fourth-order valence-corrected chi connectivity index (χ4v) is 2.66. The van der Waals surface area contributed by atoms with Crippen molar-refractivity contribution in [3.8, 4) is 0 Å². The molecule has 0 bridgehead atoms. The van der Waals surface area contributed by atoms with Crippen LogP contribution in [0.2, 0.25) is 0 Å². The number of carbonyl (C=O) groups excluding carboxylic acids is 2. The van der Waals surface area contributed by atoms with Gasteiger partial charge in [-0.1, -0.05) is 36.4 Å². The van der Waals surface area contributed by atoms with Crippen LogP contribution in [0.4, 0.5) is 0 Å². The van der Waals surface area contributed by atoms with Crippen LogP contribution in [0, 0.1) is 0 Å². The zero-order valence-electron chi connectivity index (χ0n) is 11.0. The van der Waals surface area contributed by atoms with Gasteiger partial charge in [-0.3, -0.25) is 9.59 Å². The molecule has 0 aliphatic carbocycles. The van der Waals surface area contributed by atoms with E-state index >= 15 is 0 Å². The molecule has 2 aliphatic heterocycles. The van der Waals surface area contributed by atoms with E-state index in [1.807, 2.05) is 36.4 Å². The lowest BCUT2D eigenvalue weighted by atomic mass is 10.0. The standard InChI is InChI=1S/C17H10N2O2/c20-16-12-7-3-1-5-10(12)14(18-16)9-15-11-6-2-4-8-13(11)17(21)19-15/h1-9H,(H,18,20)/b14-9-. The van der Waals surface area contributed by atoms with Gasteiger partial charge in [-0.25, -0.2) is 4.99 Å². The fourth-order valence-electron chi connectivity index (χ4n) is 2.66. The molecular formula is C17H10N2O2. The van der Waals surface area contributed by atoms with Crippen LogP contribution in [0.5, 0.6) is 0 Å². The number of hydrogen-bond acceptors (Lipinski definition) is 2. The van der Waals surface area contributed by atoms with E-state index in [0.717, 1.165) is 11.1 Å². The number of nitrogens with zero attached hydrogens (tertiary/aromatic N) is 1. The zero-order chi connectivity index (χ0) is 14.4. The molecule has 21 heavy (non-hydrogen) atoms. The van der Waals surface area contributed by atoms with Crippen LogP contribution in [0.1, 0.15) is 31.8 Å². The van der Waals surface area contributed by atoms with Gasteiger partial charge in [0.2, 0.25) is 0 Å². The van der Waals surface area contributed by atoms with Gasteiger partial charge >= 0.3 is 0 Å². The number of aliphatic imine (C=N–C) groups is 1. The van der Waals surface area contributed by atoms with Crippen molar-refractivity contribution in [3.63, 3.8) is 0 Å². The van der Waals surface area contributed by atoms with Crippen molar-refractivity contribution in [2.24, 2.45) is 4.99 Å². The second-order valence-electron chi connectivity index (χ2n) is 4.91. The molecule has 100 valence electrons. The van der Waals surface area contributed by atoms with E-state index in [1.165, 1.54) is 0 Å². The molecule has 0 saturated carbocycles. The Morgan fingerprint density at radius 1 is 0.810 bits per heavy atom. The molecule has 0 radical (unpaired) electrons. The highest BCUT2D eigenvalue weighted by molar-refractivity contribution is 6.27. The first-order valence-corrected chi connectivity index (χ1v) is 6.59. The Labute approximate surface area is 120 Å². The topological polar surface area (TPSA) is 58.5 Å². The van der Waals surface area contributed by atoms with Gasteiger partial charge in [0.15, 0.2) is 0 Å². The summed E-state index contributed by atoms with van der Waals surface area (Å²) in [5, 5.41) is 2.82. The number of fused-ring (bicyclic) bond motifs is 2. The molecule has 0 unspecified atom stereocenters. The number of nitrogens with one attached hydrogen (secondary N) is 1. The molecule has 4 nitrogen and oxygen atoms in total. The van der Waals surface area contributed by atoms with Gasteiger partial charge < -0.3 is 5.32 Å². The quantitative estimate of drug-likeness (QED) is 0.868. The molecule has 0 fully saturated rings. The summed E-state index contributed by atoms with van der Waals surface area (Å²) in [4.78, 5) is 27.8. The molecule has 2 aromatic rings. The third kappa shape index (κ3) is 1.73.